The maximum Gasteiger partial charge on any atom is 0.268 e. The molecule has 0 radical (unpaired) electrons. The van der Waals surface area contributed by atoms with Crippen LogP contribution in [0.1, 0.15) is 33.6 Å². The van der Waals surface area contributed by atoms with Gasteiger partial charge in [0.25, 0.3) is 5.56 Å². The van der Waals surface area contributed by atoms with Crippen molar-refractivity contribution in [3.05, 3.63) is 22.6 Å². The first-order valence-electron chi connectivity index (χ1n) is 7.47. The summed E-state index contributed by atoms with van der Waals surface area (Å²) in [6.45, 7) is 8.33. The molecule has 1 aromatic rings. The molecular weight excluding hydrogens is 254 g/mol. The Balaban J connectivity index is 2.11. The van der Waals surface area contributed by atoms with Gasteiger partial charge >= 0.3 is 0 Å². The second kappa shape index (κ2) is 6.39. The van der Waals surface area contributed by atoms with Crippen molar-refractivity contribution in [2.75, 3.05) is 18.0 Å². The predicted molar refractivity (Wildman–Crippen MR) is 80.0 cm³/mol. The van der Waals surface area contributed by atoms with Gasteiger partial charge in [-0.1, -0.05) is 20.8 Å². The molecule has 0 aliphatic carbocycles. The highest BCUT2D eigenvalue weighted by Gasteiger charge is 2.18. The third kappa shape index (κ3) is 3.60. The van der Waals surface area contributed by atoms with Crippen LogP contribution in [0.2, 0.25) is 0 Å². The SMILES string of the molecule is CC1CCCN(c2cnn(CC(O)C(C)C)c(=O)c2)C1. The summed E-state index contributed by atoms with van der Waals surface area (Å²) in [6.07, 6.45) is 3.62. The van der Waals surface area contributed by atoms with E-state index in [0.29, 0.717) is 5.92 Å². The molecule has 20 heavy (non-hydrogen) atoms. The zero-order valence-electron chi connectivity index (χ0n) is 12.6. The van der Waals surface area contributed by atoms with E-state index in [-0.39, 0.29) is 18.0 Å². The molecule has 5 heteroatoms. The Kier molecular flexibility index (Phi) is 4.81. The Morgan fingerprint density at radius 3 is 2.85 bits per heavy atom. The van der Waals surface area contributed by atoms with E-state index in [9.17, 15) is 9.90 Å². The monoisotopic (exact) mass is 279 g/mol. The third-order valence-corrected chi connectivity index (χ3v) is 4.01. The lowest BCUT2D eigenvalue weighted by Gasteiger charge is -2.32. The zero-order chi connectivity index (χ0) is 14.7. The first-order valence-corrected chi connectivity index (χ1v) is 7.47. The molecule has 2 rings (SSSR count). The van der Waals surface area contributed by atoms with Gasteiger partial charge in [-0.25, -0.2) is 4.68 Å². The molecule has 1 fully saturated rings. The minimum absolute atomic E-state index is 0.117. The van der Waals surface area contributed by atoms with Crippen molar-refractivity contribution in [2.24, 2.45) is 11.8 Å². The Bertz CT molecular complexity index is 498. The van der Waals surface area contributed by atoms with Crippen LogP contribution in [0.15, 0.2) is 17.1 Å². The molecule has 2 unspecified atom stereocenters. The summed E-state index contributed by atoms with van der Waals surface area (Å²) in [5.41, 5.74) is 0.761. The van der Waals surface area contributed by atoms with Crippen LogP contribution in [0.3, 0.4) is 0 Å². The third-order valence-electron chi connectivity index (χ3n) is 4.01. The van der Waals surface area contributed by atoms with Gasteiger partial charge in [-0.15, -0.1) is 0 Å². The van der Waals surface area contributed by atoms with Gasteiger partial charge in [-0.05, 0) is 24.7 Å². The van der Waals surface area contributed by atoms with Gasteiger partial charge < -0.3 is 10.0 Å². The summed E-state index contributed by atoms with van der Waals surface area (Å²) in [7, 11) is 0. The molecule has 5 nitrogen and oxygen atoms in total. The van der Waals surface area contributed by atoms with E-state index in [2.05, 4.69) is 16.9 Å². The lowest BCUT2D eigenvalue weighted by Crippen LogP contribution is -2.36. The van der Waals surface area contributed by atoms with E-state index in [0.717, 1.165) is 25.2 Å². The van der Waals surface area contributed by atoms with E-state index < -0.39 is 6.10 Å². The van der Waals surface area contributed by atoms with Crippen LogP contribution < -0.4 is 10.5 Å². The van der Waals surface area contributed by atoms with Gasteiger partial charge in [0.05, 0.1) is 24.5 Å². The van der Waals surface area contributed by atoms with Gasteiger partial charge in [0, 0.05) is 19.2 Å². The van der Waals surface area contributed by atoms with Crippen molar-refractivity contribution >= 4 is 5.69 Å². The highest BCUT2D eigenvalue weighted by molar-refractivity contribution is 5.43. The number of piperidine rings is 1. The zero-order valence-corrected chi connectivity index (χ0v) is 12.6. The van der Waals surface area contributed by atoms with Crippen LogP contribution in [0, 0.1) is 11.8 Å². The average molecular weight is 279 g/mol. The lowest BCUT2D eigenvalue weighted by molar-refractivity contribution is 0.101. The van der Waals surface area contributed by atoms with E-state index in [4.69, 9.17) is 0 Å². The maximum atomic E-state index is 12.1. The lowest BCUT2D eigenvalue weighted by atomic mass is 10.00. The highest BCUT2D eigenvalue weighted by Crippen LogP contribution is 2.20. The van der Waals surface area contributed by atoms with Crippen molar-refractivity contribution in [3.8, 4) is 0 Å². The van der Waals surface area contributed by atoms with Crippen LogP contribution in [0.5, 0.6) is 0 Å². The van der Waals surface area contributed by atoms with Crippen molar-refractivity contribution in [1.29, 1.82) is 0 Å². The first kappa shape index (κ1) is 15.0. The summed E-state index contributed by atoms with van der Waals surface area (Å²) in [5, 5.41) is 14.1. The number of aliphatic hydroxyl groups excluding tert-OH is 1. The predicted octanol–water partition coefficient (Wildman–Crippen LogP) is 1.50. The van der Waals surface area contributed by atoms with Gasteiger partial charge in [0.15, 0.2) is 0 Å². The molecule has 1 aliphatic heterocycles. The standard InChI is InChI=1S/C15H25N3O2/c1-11(2)14(19)10-18-15(20)7-13(8-16-18)17-6-4-5-12(3)9-17/h7-8,11-12,14,19H,4-6,9-10H2,1-3H3. The minimum atomic E-state index is -0.541. The summed E-state index contributed by atoms with van der Waals surface area (Å²) in [4.78, 5) is 14.3. The summed E-state index contributed by atoms with van der Waals surface area (Å²) in [6, 6.07) is 1.64. The molecule has 2 atom stereocenters. The maximum absolute atomic E-state index is 12.1. The number of aromatic nitrogens is 2. The van der Waals surface area contributed by atoms with Crippen LogP contribution in [-0.2, 0) is 6.54 Å². The van der Waals surface area contributed by atoms with Crippen molar-refractivity contribution in [3.63, 3.8) is 0 Å². The Hall–Kier alpha value is -1.36. The first-order chi connectivity index (χ1) is 9.47. The molecule has 1 saturated heterocycles. The van der Waals surface area contributed by atoms with E-state index >= 15 is 0 Å². The second-order valence-electron chi connectivity index (χ2n) is 6.24. The van der Waals surface area contributed by atoms with Crippen molar-refractivity contribution in [2.45, 2.75) is 46.3 Å². The van der Waals surface area contributed by atoms with Crippen LogP contribution in [0.4, 0.5) is 5.69 Å². The number of hydrogen-bond donors (Lipinski definition) is 1. The molecule has 0 amide bonds. The largest absolute Gasteiger partial charge is 0.391 e. The van der Waals surface area contributed by atoms with Gasteiger partial charge in [0.2, 0.25) is 0 Å². The van der Waals surface area contributed by atoms with E-state index in [1.165, 1.54) is 11.1 Å². The Morgan fingerprint density at radius 2 is 2.25 bits per heavy atom. The molecule has 0 saturated carbocycles. The molecule has 112 valence electrons. The summed E-state index contributed by atoms with van der Waals surface area (Å²) < 4.78 is 1.35. The molecular formula is C15H25N3O2. The molecule has 0 spiro atoms. The molecule has 0 aromatic carbocycles. The summed E-state index contributed by atoms with van der Waals surface area (Å²) in [5.74, 6) is 0.778. The van der Waals surface area contributed by atoms with Crippen molar-refractivity contribution in [1.82, 2.24) is 9.78 Å². The quantitative estimate of drug-likeness (QED) is 0.907. The number of aliphatic hydroxyl groups is 1. The molecule has 1 N–H and O–H groups in total. The van der Waals surface area contributed by atoms with Crippen LogP contribution >= 0.6 is 0 Å². The topological polar surface area (TPSA) is 58.4 Å². The van der Waals surface area contributed by atoms with Crippen LogP contribution in [0.25, 0.3) is 0 Å². The van der Waals surface area contributed by atoms with Crippen molar-refractivity contribution < 1.29 is 5.11 Å². The fourth-order valence-corrected chi connectivity index (χ4v) is 2.55. The summed E-state index contributed by atoms with van der Waals surface area (Å²) >= 11 is 0. The number of nitrogens with zero attached hydrogens (tertiary/aromatic N) is 3. The smallest absolute Gasteiger partial charge is 0.268 e. The fraction of sp³-hybridized carbons (Fsp3) is 0.733. The van der Waals surface area contributed by atoms with E-state index in [1.807, 2.05) is 13.8 Å². The minimum Gasteiger partial charge on any atom is -0.391 e. The average Bonchev–Trinajstić information content (AvgIpc) is 2.40. The van der Waals surface area contributed by atoms with Gasteiger partial charge in [-0.3, -0.25) is 4.79 Å². The Labute approximate surface area is 120 Å². The Morgan fingerprint density at radius 1 is 1.50 bits per heavy atom. The highest BCUT2D eigenvalue weighted by atomic mass is 16.3. The molecule has 1 aliphatic rings. The van der Waals surface area contributed by atoms with Crippen LogP contribution in [-0.4, -0.2) is 34.1 Å². The van der Waals surface area contributed by atoms with Gasteiger partial charge in [0.1, 0.15) is 0 Å². The number of rotatable bonds is 4. The molecule has 0 bridgehead atoms. The number of anilines is 1. The number of hydrogen-bond acceptors (Lipinski definition) is 4. The second-order valence-corrected chi connectivity index (χ2v) is 6.24. The molecule has 2 heterocycles. The molecule has 1 aromatic heterocycles. The fourth-order valence-electron chi connectivity index (χ4n) is 2.55. The van der Waals surface area contributed by atoms with Gasteiger partial charge in [-0.2, -0.15) is 5.10 Å². The van der Waals surface area contributed by atoms with E-state index in [1.54, 1.807) is 12.3 Å². The normalized spacial score (nSPS) is 21.2.